The number of nitrogens with zero attached hydrogens (tertiary/aromatic N) is 2. The third kappa shape index (κ3) is 2.22. The Morgan fingerprint density at radius 2 is 2.12 bits per heavy atom. The molecule has 1 heterocycles. The van der Waals surface area contributed by atoms with Gasteiger partial charge in [0.1, 0.15) is 5.82 Å². The quantitative estimate of drug-likeness (QED) is 0.881. The second-order valence-electron chi connectivity index (χ2n) is 3.98. The van der Waals surface area contributed by atoms with Crippen LogP contribution in [0.15, 0.2) is 30.5 Å². The van der Waals surface area contributed by atoms with Crippen LogP contribution in [-0.2, 0) is 0 Å². The van der Waals surface area contributed by atoms with Crippen molar-refractivity contribution < 1.29 is 0 Å². The third-order valence-electron chi connectivity index (χ3n) is 2.96. The fourth-order valence-electron chi connectivity index (χ4n) is 1.80. The molecule has 0 bridgehead atoms. The van der Waals surface area contributed by atoms with Crippen LogP contribution in [0.4, 0.5) is 11.5 Å². The van der Waals surface area contributed by atoms with Gasteiger partial charge in [-0.3, -0.25) is 5.10 Å². The number of H-pyrrole nitrogens is 1. The minimum absolute atomic E-state index is 0.128. The van der Waals surface area contributed by atoms with Crippen LogP contribution >= 0.6 is 11.6 Å². The summed E-state index contributed by atoms with van der Waals surface area (Å²) < 4.78 is 0. The Kier molecular flexibility index (Phi) is 3.24. The van der Waals surface area contributed by atoms with E-state index in [2.05, 4.69) is 17.1 Å². The molecule has 0 spiro atoms. The summed E-state index contributed by atoms with van der Waals surface area (Å²) in [6.45, 7) is 2.08. The molecule has 1 aromatic heterocycles. The average Bonchev–Trinajstić information content (AvgIpc) is 2.74. The Labute approximate surface area is 105 Å². The van der Waals surface area contributed by atoms with Crippen molar-refractivity contribution in [3.63, 3.8) is 0 Å². The SMILES string of the molecule is CC(c1ccccc1Cl)N(C)c1cn[nH]c1N. The predicted molar refractivity (Wildman–Crippen MR) is 71.3 cm³/mol. The summed E-state index contributed by atoms with van der Waals surface area (Å²) in [6, 6.07) is 7.93. The standard InChI is InChI=1S/C12H15ClN4/c1-8(9-5-3-4-6-10(9)13)17(2)11-7-15-16-12(11)14/h3-8H,1-2H3,(H3,14,15,16). The van der Waals surface area contributed by atoms with E-state index in [4.69, 9.17) is 17.3 Å². The van der Waals surface area contributed by atoms with Crippen molar-refractivity contribution in [2.24, 2.45) is 0 Å². The highest BCUT2D eigenvalue weighted by Gasteiger charge is 2.17. The van der Waals surface area contributed by atoms with E-state index >= 15 is 0 Å². The summed E-state index contributed by atoms with van der Waals surface area (Å²) in [6.07, 6.45) is 1.71. The van der Waals surface area contributed by atoms with Crippen molar-refractivity contribution in [2.45, 2.75) is 13.0 Å². The number of hydrogen-bond donors (Lipinski definition) is 2. The van der Waals surface area contributed by atoms with Crippen molar-refractivity contribution >= 4 is 23.1 Å². The molecule has 17 heavy (non-hydrogen) atoms. The van der Waals surface area contributed by atoms with Gasteiger partial charge >= 0.3 is 0 Å². The largest absolute Gasteiger partial charge is 0.382 e. The Bertz CT molecular complexity index is 509. The first kappa shape index (κ1) is 11.8. The molecule has 0 aliphatic carbocycles. The topological polar surface area (TPSA) is 57.9 Å². The molecular weight excluding hydrogens is 236 g/mol. The van der Waals surface area contributed by atoms with Crippen LogP contribution in [0, 0.1) is 0 Å². The van der Waals surface area contributed by atoms with Gasteiger partial charge in [-0.2, -0.15) is 5.10 Å². The first-order valence-electron chi connectivity index (χ1n) is 5.37. The first-order chi connectivity index (χ1) is 8.11. The maximum atomic E-state index is 6.18. The molecular formula is C12H15ClN4. The van der Waals surface area contributed by atoms with Gasteiger partial charge in [0.05, 0.1) is 17.9 Å². The van der Waals surface area contributed by atoms with E-state index in [1.807, 2.05) is 36.2 Å². The minimum Gasteiger partial charge on any atom is -0.382 e. The third-order valence-corrected chi connectivity index (χ3v) is 3.31. The number of nitrogen functional groups attached to an aromatic ring is 1. The summed E-state index contributed by atoms with van der Waals surface area (Å²) in [7, 11) is 1.97. The minimum atomic E-state index is 0.128. The Morgan fingerprint density at radius 3 is 2.71 bits per heavy atom. The summed E-state index contributed by atoms with van der Waals surface area (Å²) in [4.78, 5) is 2.04. The lowest BCUT2D eigenvalue weighted by atomic mass is 10.1. The van der Waals surface area contributed by atoms with E-state index < -0.39 is 0 Å². The highest BCUT2D eigenvalue weighted by Crippen LogP contribution is 2.31. The molecule has 0 saturated heterocycles. The zero-order chi connectivity index (χ0) is 12.4. The number of aromatic amines is 1. The molecule has 0 fully saturated rings. The van der Waals surface area contributed by atoms with Gasteiger partial charge in [0.25, 0.3) is 0 Å². The maximum Gasteiger partial charge on any atom is 0.142 e. The van der Waals surface area contributed by atoms with E-state index in [-0.39, 0.29) is 6.04 Å². The lowest BCUT2D eigenvalue weighted by Gasteiger charge is -2.27. The predicted octanol–water partition coefficient (Wildman–Crippen LogP) is 2.84. The van der Waals surface area contributed by atoms with Gasteiger partial charge in [0.2, 0.25) is 0 Å². The number of aromatic nitrogens is 2. The molecule has 90 valence electrons. The van der Waals surface area contributed by atoms with E-state index in [1.165, 1.54) is 0 Å². The van der Waals surface area contributed by atoms with Crippen LogP contribution < -0.4 is 10.6 Å². The molecule has 4 nitrogen and oxygen atoms in total. The van der Waals surface area contributed by atoms with E-state index in [9.17, 15) is 0 Å². The molecule has 1 unspecified atom stereocenters. The summed E-state index contributed by atoms with van der Waals surface area (Å²) in [5, 5.41) is 7.40. The molecule has 0 radical (unpaired) electrons. The van der Waals surface area contributed by atoms with Crippen LogP contribution in [0.3, 0.4) is 0 Å². The van der Waals surface area contributed by atoms with Gasteiger partial charge in [0, 0.05) is 12.1 Å². The number of nitrogens with one attached hydrogen (secondary N) is 1. The second kappa shape index (κ2) is 4.67. The molecule has 1 atom stereocenters. The van der Waals surface area contributed by atoms with Gasteiger partial charge in [-0.05, 0) is 18.6 Å². The lowest BCUT2D eigenvalue weighted by Crippen LogP contribution is -2.22. The van der Waals surface area contributed by atoms with Gasteiger partial charge in [0.15, 0.2) is 0 Å². The van der Waals surface area contributed by atoms with Crippen molar-refractivity contribution in [1.82, 2.24) is 10.2 Å². The highest BCUT2D eigenvalue weighted by atomic mass is 35.5. The van der Waals surface area contributed by atoms with Gasteiger partial charge in [-0.15, -0.1) is 0 Å². The Hall–Kier alpha value is -1.68. The fourth-order valence-corrected chi connectivity index (χ4v) is 2.10. The molecule has 0 aliphatic rings. The monoisotopic (exact) mass is 250 g/mol. The van der Waals surface area contributed by atoms with Gasteiger partial charge in [-0.1, -0.05) is 29.8 Å². The molecule has 3 N–H and O–H groups in total. The van der Waals surface area contributed by atoms with Crippen molar-refractivity contribution in [3.05, 3.63) is 41.0 Å². The lowest BCUT2D eigenvalue weighted by molar-refractivity contribution is 0.741. The normalized spacial score (nSPS) is 12.4. The van der Waals surface area contributed by atoms with Crippen LogP contribution in [-0.4, -0.2) is 17.2 Å². The van der Waals surface area contributed by atoms with Crippen LogP contribution in [0.25, 0.3) is 0 Å². The van der Waals surface area contributed by atoms with Gasteiger partial charge < -0.3 is 10.6 Å². The Balaban J connectivity index is 2.30. The van der Waals surface area contributed by atoms with E-state index in [0.29, 0.717) is 5.82 Å². The summed E-state index contributed by atoms with van der Waals surface area (Å²) in [5.41, 5.74) is 7.74. The fraction of sp³-hybridized carbons (Fsp3) is 0.250. The van der Waals surface area contributed by atoms with Crippen LogP contribution in [0.5, 0.6) is 0 Å². The summed E-state index contributed by atoms with van der Waals surface area (Å²) in [5.74, 6) is 0.561. The molecule has 0 saturated carbocycles. The molecule has 0 aliphatic heterocycles. The smallest absolute Gasteiger partial charge is 0.142 e. The Morgan fingerprint density at radius 1 is 1.41 bits per heavy atom. The van der Waals surface area contributed by atoms with E-state index in [1.54, 1.807) is 6.20 Å². The van der Waals surface area contributed by atoms with Crippen molar-refractivity contribution in [3.8, 4) is 0 Å². The van der Waals surface area contributed by atoms with Crippen LogP contribution in [0.2, 0.25) is 5.02 Å². The number of anilines is 2. The number of rotatable bonds is 3. The zero-order valence-corrected chi connectivity index (χ0v) is 10.6. The molecule has 5 heteroatoms. The van der Waals surface area contributed by atoms with Crippen LogP contribution in [0.1, 0.15) is 18.5 Å². The second-order valence-corrected chi connectivity index (χ2v) is 4.38. The molecule has 1 aromatic carbocycles. The first-order valence-corrected chi connectivity index (χ1v) is 5.75. The molecule has 2 rings (SSSR count). The average molecular weight is 251 g/mol. The number of nitrogens with two attached hydrogens (primary N) is 1. The summed E-state index contributed by atoms with van der Waals surface area (Å²) >= 11 is 6.18. The van der Waals surface area contributed by atoms with E-state index in [0.717, 1.165) is 16.3 Å². The highest BCUT2D eigenvalue weighted by molar-refractivity contribution is 6.31. The zero-order valence-electron chi connectivity index (χ0n) is 9.81. The number of hydrogen-bond acceptors (Lipinski definition) is 3. The van der Waals surface area contributed by atoms with Gasteiger partial charge in [-0.25, -0.2) is 0 Å². The number of halogens is 1. The van der Waals surface area contributed by atoms with Crippen molar-refractivity contribution in [2.75, 3.05) is 17.7 Å². The van der Waals surface area contributed by atoms with Crippen molar-refractivity contribution in [1.29, 1.82) is 0 Å². The number of benzene rings is 1. The molecule has 0 amide bonds. The maximum absolute atomic E-state index is 6.18. The molecule has 2 aromatic rings.